The molecule has 0 saturated carbocycles. The summed E-state index contributed by atoms with van der Waals surface area (Å²) in [6.07, 6.45) is 1.89. The summed E-state index contributed by atoms with van der Waals surface area (Å²) in [4.78, 5) is 13.0. The Labute approximate surface area is 166 Å². The number of unbranched alkanes of at least 4 members (excludes halogenated alkanes) is 1. The van der Waals surface area contributed by atoms with Crippen LogP contribution in [0.3, 0.4) is 0 Å². The highest BCUT2D eigenvalue weighted by atomic mass is 32.2. The van der Waals surface area contributed by atoms with Gasteiger partial charge in [0.15, 0.2) is 5.16 Å². The van der Waals surface area contributed by atoms with Gasteiger partial charge in [0.1, 0.15) is 5.82 Å². The van der Waals surface area contributed by atoms with Gasteiger partial charge in [0.05, 0.1) is 10.9 Å². The van der Waals surface area contributed by atoms with Crippen molar-refractivity contribution < 1.29 is 4.39 Å². The fourth-order valence-corrected chi connectivity index (χ4v) is 4.27. The van der Waals surface area contributed by atoms with Crippen molar-refractivity contribution in [1.82, 2.24) is 19.2 Å². The first kappa shape index (κ1) is 18.7. The number of aryl methyl sites for hydroxylation is 1. The lowest BCUT2D eigenvalue weighted by molar-refractivity contribution is 0.620. The number of aromatic nitrogens is 4. The highest BCUT2D eigenvalue weighted by Crippen LogP contribution is 2.34. The van der Waals surface area contributed by atoms with E-state index in [2.05, 4.69) is 17.1 Å². The zero-order valence-electron chi connectivity index (χ0n) is 15.8. The SMILES string of the molecule is CCCCn1c(=O)c2ccccc2n2c(S[C@H](C)c3ccc(F)cc3)nnc12. The Bertz CT molecular complexity index is 1180. The van der Waals surface area contributed by atoms with Crippen molar-refractivity contribution in [2.75, 3.05) is 0 Å². The Morgan fingerprint density at radius 1 is 1.11 bits per heavy atom. The van der Waals surface area contributed by atoms with Gasteiger partial charge >= 0.3 is 0 Å². The van der Waals surface area contributed by atoms with Gasteiger partial charge in [0, 0.05) is 11.8 Å². The average Bonchev–Trinajstić information content (AvgIpc) is 3.12. The third kappa shape index (κ3) is 3.30. The number of rotatable bonds is 6. The van der Waals surface area contributed by atoms with Crippen LogP contribution in [0, 0.1) is 5.82 Å². The molecule has 0 amide bonds. The van der Waals surface area contributed by atoms with Crippen LogP contribution in [0.5, 0.6) is 0 Å². The highest BCUT2D eigenvalue weighted by molar-refractivity contribution is 7.99. The van der Waals surface area contributed by atoms with E-state index in [0.29, 0.717) is 22.9 Å². The van der Waals surface area contributed by atoms with Gasteiger partial charge in [-0.3, -0.25) is 13.8 Å². The smallest absolute Gasteiger partial charge is 0.262 e. The normalized spacial score (nSPS) is 12.7. The van der Waals surface area contributed by atoms with E-state index in [1.165, 1.54) is 12.1 Å². The zero-order chi connectivity index (χ0) is 19.7. The molecule has 2 aromatic carbocycles. The maximum Gasteiger partial charge on any atom is 0.262 e. The molecule has 0 bridgehead atoms. The second kappa shape index (κ2) is 7.75. The van der Waals surface area contributed by atoms with Gasteiger partial charge in [-0.05, 0) is 43.2 Å². The maximum absolute atomic E-state index is 13.2. The van der Waals surface area contributed by atoms with Crippen LogP contribution in [-0.4, -0.2) is 19.2 Å². The molecule has 0 unspecified atom stereocenters. The number of para-hydroxylation sites is 1. The van der Waals surface area contributed by atoms with Gasteiger partial charge in [-0.2, -0.15) is 0 Å². The van der Waals surface area contributed by atoms with E-state index < -0.39 is 0 Å². The molecule has 4 rings (SSSR count). The summed E-state index contributed by atoms with van der Waals surface area (Å²) in [7, 11) is 0. The summed E-state index contributed by atoms with van der Waals surface area (Å²) in [5.41, 5.74) is 1.77. The molecule has 4 aromatic rings. The second-order valence-corrected chi connectivity index (χ2v) is 8.07. The van der Waals surface area contributed by atoms with Crippen LogP contribution >= 0.6 is 11.8 Å². The van der Waals surface area contributed by atoms with Crippen molar-refractivity contribution in [3.8, 4) is 0 Å². The van der Waals surface area contributed by atoms with Crippen molar-refractivity contribution >= 4 is 28.4 Å². The molecule has 0 aliphatic heterocycles. The summed E-state index contributed by atoms with van der Waals surface area (Å²) < 4.78 is 16.9. The Morgan fingerprint density at radius 3 is 2.61 bits per heavy atom. The van der Waals surface area contributed by atoms with E-state index in [0.717, 1.165) is 23.9 Å². The lowest BCUT2D eigenvalue weighted by Gasteiger charge is -2.13. The Balaban J connectivity index is 1.85. The molecular formula is C21H21FN4OS. The number of benzene rings is 2. The number of nitrogens with zero attached hydrogens (tertiary/aromatic N) is 4. The van der Waals surface area contributed by atoms with Crippen molar-refractivity contribution in [1.29, 1.82) is 0 Å². The van der Waals surface area contributed by atoms with Gasteiger partial charge in [-0.15, -0.1) is 10.2 Å². The number of hydrogen-bond donors (Lipinski definition) is 0. The molecular weight excluding hydrogens is 375 g/mol. The number of fused-ring (bicyclic) bond motifs is 3. The number of thioether (sulfide) groups is 1. The molecule has 1 atom stereocenters. The van der Waals surface area contributed by atoms with Gasteiger partial charge < -0.3 is 0 Å². The third-order valence-electron chi connectivity index (χ3n) is 4.84. The Kier molecular flexibility index (Phi) is 5.17. The molecule has 0 aliphatic carbocycles. The monoisotopic (exact) mass is 396 g/mol. The first-order valence-corrected chi connectivity index (χ1v) is 10.3. The molecule has 28 heavy (non-hydrogen) atoms. The van der Waals surface area contributed by atoms with Gasteiger partial charge in [-0.1, -0.05) is 49.4 Å². The van der Waals surface area contributed by atoms with Gasteiger partial charge in [0.2, 0.25) is 5.78 Å². The number of hydrogen-bond acceptors (Lipinski definition) is 4. The summed E-state index contributed by atoms with van der Waals surface area (Å²) in [6.45, 7) is 4.76. The van der Waals surface area contributed by atoms with Crippen LogP contribution < -0.4 is 5.56 Å². The summed E-state index contributed by atoms with van der Waals surface area (Å²) >= 11 is 1.54. The third-order valence-corrected chi connectivity index (χ3v) is 5.94. The lowest BCUT2D eigenvalue weighted by atomic mass is 10.2. The summed E-state index contributed by atoms with van der Waals surface area (Å²) in [5.74, 6) is 0.311. The second-order valence-electron chi connectivity index (χ2n) is 6.76. The summed E-state index contributed by atoms with van der Waals surface area (Å²) in [6, 6.07) is 14.0. The van der Waals surface area contributed by atoms with Gasteiger partial charge in [0.25, 0.3) is 5.56 Å². The number of halogens is 1. The van der Waals surface area contributed by atoms with Crippen LogP contribution in [0.4, 0.5) is 4.39 Å². The quantitative estimate of drug-likeness (QED) is 0.438. The molecule has 0 spiro atoms. The fraction of sp³-hybridized carbons (Fsp3) is 0.286. The first-order chi connectivity index (χ1) is 13.6. The lowest BCUT2D eigenvalue weighted by Crippen LogP contribution is -2.23. The summed E-state index contributed by atoms with van der Waals surface area (Å²) in [5, 5.41) is 10.1. The van der Waals surface area contributed by atoms with Crippen molar-refractivity contribution in [2.45, 2.75) is 43.6 Å². The van der Waals surface area contributed by atoms with E-state index >= 15 is 0 Å². The van der Waals surface area contributed by atoms with Crippen molar-refractivity contribution in [3.05, 3.63) is 70.3 Å². The molecule has 144 valence electrons. The highest BCUT2D eigenvalue weighted by Gasteiger charge is 2.19. The van der Waals surface area contributed by atoms with Gasteiger partial charge in [-0.25, -0.2) is 4.39 Å². The van der Waals surface area contributed by atoms with E-state index in [1.54, 1.807) is 28.5 Å². The topological polar surface area (TPSA) is 52.2 Å². The predicted octanol–water partition coefficient (Wildman–Crippen LogP) is 4.84. The fourth-order valence-electron chi connectivity index (χ4n) is 3.29. The molecule has 0 saturated heterocycles. The standard InChI is InChI=1S/C21H21FN4OS/c1-3-4-13-25-19(27)17-7-5-6-8-18(17)26-20(25)23-24-21(26)28-14(2)15-9-11-16(22)12-10-15/h5-12,14H,3-4,13H2,1-2H3/t14-/m1/s1. The molecule has 0 fully saturated rings. The van der Waals surface area contributed by atoms with E-state index in [1.807, 2.05) is 35.6 Å². The molecule has 0 N–H and O–H groups in total. The first-order valence-electron chi connectivity index (χ1n) is 9.39. The van der Waals surface area contributed by atoms with Crippen LogP contribution in [0.2, 0.25) is 0 Å². The molecule has 7 heteroatoms. The molecule has 2 aromatic heterocycles. The van der Waals surface area contributed by atoms with Crippen molar-refractivity contribution in [2.24, 2.45) is 0 Å². The predicted molar refractivity (Wildman–Crippen MR) is 110 cm³/mol. The zero-order valence-corrected chi connectivity index (χ0v) is 16.6. The van der Waals surface area contributed by atoms with E-state index in [-0.39, 0.29) is 16.6 Å². The molecule has 0 radical (unpaired) electrons. The molecule has 2 heterocycles. The minimum absolute atomic E-state index is 0.0351. The molecule has 0 aliphatic rings. The average molecular weight is 396 g/mol. The Morgan fingerprint density at radius 2 is 1.86 bits per heavy atom. The van der Waals surface area contributed by atoms with Crippen LogP contribution in [0.15, 0.2) is 58.5 Å². The van der Waals surface area contributed by atoms with E-state index in [4.69, 9.17) is 0 Å². The largest absolute Gasteiger partial charge is 0.276 e. The van der Waals surface area contributed by atoms with Crippen LogP contribution in [0.1, 0.15) is 37.5 Å². The minimum atomic E-state index is -0.250. The van der Waals surface area contributed by atoms with Crippen molar-refractivity contribution in [3.63, 3.8) is 0 Å². The van der Waals surface area contributed by atoms with E-state index in [9.17, 15) is 9.18 Å². The molecule has 5 nitrogen and oxygen atoms in total. The maximum atomic E-state index is 13.2. The minimum Gasteiger partial charge on any atom is -0.276 e. The Hall–Kier alpha value is -2.67. The van der Waals surface area contributed by atoms with Crippen LogP contribution in [0.25, 0.3) is 16.7 Å². The van der Waals surface area contributed by atoms with Crippen LogP contribution in [-0.2, 0) is 6.54 Å².